The van der Waals surface area contributed by atoms with Crippen molar-refractivity contribution in [2.24, 2.45) is 5.41 Å². The van der Waals surface area contributed by atoms with Crippen LogP contribution in [0.15, 0.2) is 59.7 Å². The molecule has 4 aliphatic heterocycles. The van der Waals surface area contributed by atoms with Crippen LogP contribution in [0.25, 0.3) is 10.9 Å². The van der Waals surface area contributed by atoms with E-state index in [1.807, 2.05) is 6.07 Å². The zero-order valence-corrected chi connectivity index (χ0v) is 35.1. The number of anilines is 3. The molecule has 3 aromatic carbocycles. The number of aromatic nitrogens is 2. The van der Waals surface area contributed by atoms with Gasteiger partial charge in [0.05, 0.1) is 46.9 Å². The van der Waals surface area contributed by atoms with Crippen LogP contribution in [0.2, 0.25) is 0 Å². The summed E-state index contributed by atoms with van der Waals surface area (Å²) in [4.78, 5) is 46.7. The van der Waals surface area contributed by atoms with E-state index in [0.717, 1.165) is 68.3 Å². The van der Waals surface area contributed by atoms with Gasteiger partial charge in [0.2, 0.25) is 11.8 Å². The van der Waals surface area contributed by atoms with Gasteiger partial charge in [-0.2, -0.15) is 18.0 Å². The second-order valence-electron chi connectivity index (χ2n) is 17.3. The SMILES string of the molecule is CCN(C)S(=O)(=O)Nc1ccc(F)c(Oc2ccc3ncn([C@H]4COC5(CCC(N6CC7(CN(c8ccc(NC9CCC(=O)NC9=O)cc8F)C7)C6)CC5)C4)c(=O)c3c2)c1C#N. The Balaban J connectivity index is 0.794. The van der Waals surface area contributed by atoms with E-state index in [-0.39, 0.29) is 69.7 Å². The van der Waals surface area contributed by atoms with Crippen molar-refractivity contribution in [3.63, 3.8) is 0 Å². The van der Waals surface area contributed by atoms with Gasteiger partial charge in [-0.3, -0.25) is 33.9 Å². The molecule has 3 N–H and O–H groups in total. The number of hydrogen-bond donors (Lipinski definition) is 3. The number of ether oxygens (including phenoxy) is 2. The molecular weight excluding hydrogens is 825 g/mol. The topological polar surface area (TPSA) is 191 Å². The molecule has 2 spiro atoms. The predicted octanol–water partition coefficient (Wildman–Crippen LogP) is 4.63. The number of imide groups is 1. The molecule has 1 saturated carbocycles. The van der Waals surface area contributed by atoms with Crippen molar-refractivity contribution in [3.8, 4) is 17.6 Å². The first kappa shape index (κ1) is 41.7. The molecule has 1 aliphatic carbocycles. The molecule has 1 unspecified atom stereocenters. The third-order valence-corrected chi connectivity index (χ3v) is 14.8. The summed E-state index contributed by atoms with van der Waals surface area (Å²) < 4.78 is 72.9. The standard InChI is InChI=1S/C43H47F2N9O7S/c1-3-51(2)62(58,59)50-35-8-6-32(44)39(31(35)19-46)61-29-5-7-34-30(17-29)41(57)54(25-47-34)28-18-43(60-20-28)14-12-27(13-15-43)52-21-42(22-52)23-53(24-42)37-10-4-26(16-33(37)45)48-36-9-11-38(55)49-40(36)56/h4-8,10,16-17,25,27-28,36,48,50H,3,9,11-15,18,20-24H2,1-2H3,(H,49,55,56)/t27?,28-,36?,43?/m1/s1. The monoisotopic (exact) mass is 871 g/mol. The van der Waals surface area contributed by atoms with Gasteiger partial charge in [-0.25, -0.2) is 13.8 Å². The minimum atomic E-state index is -4.02. The molecule has 19 heteroatoms. The van der Waals surface area contributed by atoms with Gasteiger partial charge in [0.25, 0.3) is 5.56 Å². The van der Waals surface area contributed by atoms with Gasteiger partial charge in [-0.05, 0) is 87.1 Å². The van der Waals surface area contributed by atoms with Crippen LogP contribution in [-0.4, -0.2) is 103 Å². The fourth-order valence-electron chi connectivity index (χ4n) is 9.73. The van der Waals surface area contributed by atoms with E-state index in [1.165, 1.54) is 31.6 Å². The highest BCUT2D eigenvalue weighted by molar-refractivity contribution is 7.90. The zero-order valence-electron chi connectivity index (χ0n) is 34.3. The summed E-state index contributed by atoms with van der Waals surface area (Å²) in [5.74, 6) is -2.35. The summed E-state index contributed by atoms with van der Waals surface area (Å²) in [6.07, 6.45) is 6.44. The van der Waals surface area contributed by atoms with Crippen LogP contribution in [0.5, 0.6) is 11.5 Å². The van der Waals surface area contributed by atoms with Crippen LogP contribution in [0.1, 0.15) is 63.5 Å². The lowest BCUT2D eigenvalue weighted by atomic mass is 9.70. The molecular formula is C43H47F2N9O7S. The smallest absolute Gasteiger partial charge is 0.301 e. The van der Waals surface area contributed by atoms with Crippen LogP contribution in [0.4, 0.5) is 25.8 Å². The van der Waals surface area contributed by atoms with Gasteiger partial charge in [-0.15, -0.1) is 0 Å². The normalized spacial score (nSPS) is 24.8. The molecule has 0 bridgehead atoms. The Morgan fingerprint density at radius 1 is 1.02 bits per heavy atom. The van der Waals surface area contributed by atoms with Crippen LogP contribution in [-0.2, 0) is 24.5 Å². The number of amides is 2. The number of piperidine rings is 1. The summed E-state index contributed by atoms with van der Waals surface area (Å²) in [5.41, 5.74) is 0.411. The van der Waals surface area contributed by atoms with Gasteiger partial charge in [0.15, 0.2) is 11.6 Å². The number of halogens is 2. The third-order valence-electron chi connectivity index (χ3n) is 13.3. The quantitative estimate of drug-likeness (QED) is 0.178. The van der Waals surface area contributed by atoms with E-state index in [2.05, 4.69) is 30.1 Å². The largest absolute Gasteiger partial charge is 0.453 e. The molecule has 62 heavy (non-hydrogen) atoms. The lowest BCUT2D eigenvalue weighted by Gasteiger charge is -2.63. The minimum Gasteiger partial charge on any atom is -0.453 e. The minimum absolute atomic E-state index is 0.0671. The van der Waals surface area contributed by atoms with Gasteiger partial charge < -0.3 is 19.7 Å². The first-order valence-electron chi connectivity index (χ1n) is 20.9. The number of rotatable bonds is 11. The third kappa shape index (κ3) is 7.73. The molecule has 16 nitrogen and oxygen atoms in total. The van der Waals surface area contributed by atoms with Crippen molar-refractivity contribution in [3.05, 3.63) is 82.4 Å². The number of carbonyl (C=O) groups excluding carboxylic acids is 2. The number of fused-ring (bicyclic) bond motifs is 1. The van der Waals surface area contributed by atoms with Crippen LogP contribution in [0.3, 0.4) is 0 Å². The molecule has 5 fully saturated rings. The highest BCUT2D eigenvalue weighted by Gasteiger charge is 2.55. The van der Waals surface area contributed by atoms with Crippen LogP contribution in [0, 0.1) is 28.4 Å². The summed E-state index contributed by atoms with van der Waals surface area (Å²) in [5, 5.41) is 15.5. The average Bonchev–Trinajstić information content (AvgIpc) is 3.63. The predicted molar refractivity (Wildman–Crippen MR) is 225 cm³/mol. The van der Waals surface area contributed by atoms with Crippen molar-refractivity contribution in [1.82, 2.24) is 24.1 Å². The van der Waals surface area contributed by atoms with Gasteiger partial charge in [0.1, 0.15) is 29.2 Å². The maximum absolute atomic E-state index is 15.2. The fourth-order valence-corrected chi connectivity index (χ4v) is 10.7. The molecule has 4 saturated heterocycles. The van der Waals surface area contributed by atoms with Crippen molar-refractivity contribution >= 4 is 50.0 Å². The molecule has 5 heterocycles. The van der Waals surface area contributed by atoms with Crippen molar-refractivity contribution in [2.75, 3.05) is 61.3 Å². The van der Waals surface area contributed by atoms with E-state index in [9.17, 15) is 28.1 Å². The zero-order chi connectivity index (χ0) is 43.6. The number of nitrogens with zero attached hydrogens (tertiary/aromatic N) is 6. The number of hydrogen-bond acceptors (Lipinski definition) is 12. The molecule has 1 aromatic heterocycles. The Bertz CT molecular complexity index is 2670. The summed E-state index contributed by atoms with van der Waals surface area (Å²) in [6.45, 7) is 5.62. The van der Waals surface area contributed by atoms with E-state index in [1.54, 1.807) is 29.7 Å². The highest BCUT2D eigenvalue weighted by Crippen LogP contribution is 2.49. The first-order valence-corrected chi connectivity index (χ1v) is 22.3. The van der Waals surface area contributed by atoms with Crippen molar-refractivity contribution in [1.29, 1.82) is 5.26 Å². The molecule has 4 aromatic rings. The van der Waals surface area contributed by atoms with E-state index in [4.69, 9.17) is 9.47 Å². The van der Waals surface area contributed by atoms with Crippen molar-refractivity contribution in [2.45, 2.75) is 75.6 Å². The van der Waals surface area contributed by atoms with E-state index >= 15 is 8.78 Å². The van der Waals surface area contributed by atoms with Gasteiger partial charge in [-0.1, -0.05) is 6.92 Å². The Hall–Kier alpha value is -5.68. The summed E-state index contributed by atoms with van der Waals surface area (Å²) in [6, 6.07) is 13.0. The second kappa shape index (κ2) is 15.9. The van der Waals surface area contributed by atoms with E-state index in [0.29, 0.717) is 42.4 Å². The van der Waals surface area contributed by atoms with Crippen molar-refractivity contribution < 1.29 is 36.3 Å². The van der Waals surface area contributed by atoms with Crippen LogP contribution >= 0.6 is 0 Å². The lowest BCUT2D eigenvalue weighted by molar-refractivity contribution is -0.133. The number of benzene rings is 3. The Morgan fingerprint density at radius 3 is 2.50 bits per heavy atom. The average molecular weight is 872 g/mol. The number of carbonyl (C=O) groups is 2. The highest BCUT2D eigenvalue weighted by atomic mass is 32.2. The molecule has 2 atom stereocenters. The van der Waals surface area contributed by atoms with Gasteiger partial charge in [0, 0.05) is 63.3 Å². The van der Waals surface area contributed by atoms with E-state index < -0.39 is 33.7 Å². The first-order chi connectivity index (χ1) is 29.7. The number of nitrogens with one attached hydrogen (secondary N) is 3. The summed E-state index contributed by atoms with van der Waals surface area (Å²) in [7, 11) is -2.65. The second-order valence-corrected chi connectivity index (χ2v) is 19.1. The maximum atomic E-state index is 15.2. The number of nitriles is 1. The maximum Gasteiger partial charge on any atom is 0.301 e. The summed E-state index contributed by atoms with van der Waals surface area (Å²) >= 11 is 0. The molecule has 5 aliphatic rings. The molecule has 2 amide bonds. The molecule has 326 valence electrons. The fraction of sp³-hybridized carbons (Fsp3) is 0.465. The molecule has 9 rings (SSSR count). The Labute approximate surface area is 357 Å². The van der Waals surface area contributed by atoms with Crippen LogP contribution < -0.4 is 30.6 Å². The number of likely N-dealkylation sites (tertiary alicyclic amines) is 1. The van der Waals surface area contributed by atoms with Gasteiger partial charge >= 0.3 is 10.2 Å². The lowest BCUT2D eigenvalue weighted by Crippen LogP contribution is -2.74. The molecule has 0 radical (unpaired) electrons. The Morgan fingerprint density at radius 2 is 1.79 bits per heavy atom. The Kier molecular flexibility index (Phi) is 10.7.